The van der Waals surface area contributed by atoms with Gasteiger partial charge in [-0.05, 0) is 51.9 Å². The molecule has 61 heavy (non-hydrogen) atoms. The van der Waals surface area contributed by atoms with Crippen molar-refractivity contribution in [1.29, 1.82) is 0 Å². The third-order valence-corrected chi connectivity index (χ3v) is 10.5. The van der Waals surface area contributed by atoms with Crippen molar-refractivity contribution in [2.45, 2.75) is 144 Å². The maximum atomic E-state index is 14.3. The van der Waals surface area contributed by atoms with Crippen LogP contribution in [0.5, 0.6) is 0 Å². The second-order valence-corrected chi connectivity index (χ2v) is 18.8. The average molecular weight is 884 g/mol. The van der Waals surface area contributed by atoms with Gasteiger partial charge in [0, 0.05) is 29.9 Å². The van der Waals surface area contributed by atoms with Crippen LogP contribution in [0.3, 0.4) is 0 Å². The molecule has 1 fully saturated rings. The monoisotopic (exact) mass is 883 g/mol. The van der Waals surface area contributed by atoms with Gasteiger partial charge in [0.15, 0.2) is 0 Å². The number of carbonyl (C=O) groups is 10. The van der Waals surface area contributed by atoms with E-state index in [1.807, 2.05) is 20.8 Å². The van der Waals surface area contributed by atoms with E-state index in [4.69, 9.17) is 16.2 Å². The van der Waals surface area contributed by atoms with Gasteiger partial charge in [0.1, 0.15) is 41.6 Å². The number of rotatable bonds is 24. The second kappa shape index (κ2) is 25.1. The zero-order valence-electron chi connectivity index (χ0n) is 37.3. The average Bonchev–Trinajstić information content (AvgIpc) is 3.64. The number of primary amides is 2. The van der Waals surface area contributed by atoms with E-state index in [1.165, 1.54) is 16.7 Å². The van der Waals surface area contributed by atoms with Crippen LogP contribution in [0.4, 0.5) is 4.79 Å². The lowest BCUT2D eigenvalue weighted by Crippen LogP contribution is -2.59. The van der Waals surface area contributed by atoms with Crippen LogP contribution < -0.4 is 43.4 Å². The molecule has 6 atom stereocenters. The van der Waals surface area contributed by atoms with Gasteiger partial charge >= 0.3 is 6.09 Å². The molecule has 0 aromatic heterocycles. The van der Waals surface area contributed by atoms with Gasteiger partial charge in [-0.1, -0.05) is 54.9 Å². The van der Waals surface area contributed by atoms with Crippen molar-refractivity contribution in [2.75, 3.05) is 31.1 Å². The number of thioether (sulfide) groups is 1. The number of nitrogens with one attached hydrogen (secondary N) is 6. The van der Waals surface area contributed by atoms with Crippen molar-refractivity contribution in [3.63, 3.8) is 0 Å². The number of nitrogens with zero attached hydrogens (tertiary/aromatic N) is 1. The number of carbonyl (C=O) groups excluding carboxylic acids is 10. The minimum absolute atomic E-state index is 0.0218. The fourth-order valence-electron chi connectivity index (χ4n) is 6.03. The minimum atomic E-state index is -1.59. The smallest absolute Gasteiger partial charge is 0.408 e. The first kappa shape index (κ1) is 54.1. The molecule has 1 saturated heterocycles. The van der Waals surface area contributed by atoms with Crippen LogP contribution in [0.1, 0.15) is 108 Å². The van der Waals surface area contributed by atoms with Gasteiger partial charge in [0.25, 0.3) is 0 Å². The number of hydrogen-bond acceptors (Lipinski definition) is 12. The number of ketones is 1. The van der Waals surface area contributed by atoms with Crippen LogP contribution in [0.15, 0.2) is 0 Å². The second-order valence-electron chi connectivity index (χ2n) is 17.6. The molecule has 0 radical (unpaired) electrons. The van der Waals surface area contributed by atoms with Gasteiger partial charge in [0.05, 0.1) is 19.5 Å². The first-order valence-electron chi connectivity index (χ1n) is 20.6. The lowest BCUT2D eigenvalue weighted by Gasteiger charge is -2.30. The summed E-state index contributed by atoms with van der Waals surface area (Å²) in [4.78, 5) is 131. The summed E-state index contributed by atoms with van der Waals surface area (Å²) in [6.45, 7) is 16.6. The summed E-state index contributed by atoms with van der Waals surface area (Å²) in [5.74, 6) is -6.40. The highest BCUT2D eigenvalue weighted by atomic mass is 32.2. The molecule has 20 nitrogen and oxygen atoms in total. The van der Waals surface area contributed by atoms with Crippen molar-refractivity contribution in [1.82, 2.24) is 36.8 Å². The molecule has 1 aliphatic rings. The zero-order chi connectivity index (χ0) is 46.8. The van der Waals surface area contributed by atoms with Crippen LogP contribution in [0.2, 0.25) is 0 Å². The largest absolute Gasteiger partial charge is 0.444 e. The van der Waals surface area contributed by atoms with Gasteiger partial charge in [-0.25, -0.2) is 4.79 Å². The highest BCUT2D eigenvalue weighted by molar-refractivity contribution is 7.99. The quantitative estimate of drug-likeness (QED) is 0.0583. The Morgan fingerprint density at radius 1 is 0.770 bits per heavy atom. The lowest BCUT2D eigenvalue weighted by molar-refractivity contribution is -0.142. The predicted octanol–water partition coefficient (Wildman–Crippen LogP) is -0.251. The molecule has 1 rings (SSSR count). The fourth-order valence-corrected chi connectivity index (χ4v) is 6.99. The zero-order valence-corrected chi connectivity index (χ0v) is 38.1. The Balaban J connectivity index is 3.29. The first-order valence-corrected chi connectivity index (χ1v) is 21.7. The van der Waals surface area contributed by atoms with E-state index in [0.717, 1.165) is 0 Å². The molecule has 0 aromatic rings. The summed E-state index contributed by atoms with van der Waals surface area (Å²) in [5, 5.41) is 15.0. The molecule has 346 valence electrons. The highest BCUT2D eigenvalue weighted by Crippen LogP contribution is 2.22. The third-order valence-electron chi connectivity index (χ3n) is 9.47. The van der Waals surface area contributed by atoms with Gasteiger partial charge in [-0.3, -0.25) is 43.2 Å². The maximum Gasteiger partial charge on any atom is 0.408 e. The number of likely N-dealkylation sites (tertiary alicyclic amines) is 1. The fraction of sp³-hybridized carbons (Fsp3) is 0.750. The van der Waals surface area contributed by atoms with Gasteiger partial charge in [-0.2, -0.15) is 11.8 Å². The summed E-state index contributed by atoms with van der Waals surface area (Å²) < 4.78 is 5.27. The topological polar surface area (TPSA) is 307 Å². The number of amides is 9. The van der Waals surface area contributed by atoms with E-state index < -0.39 is 114 Å². The third kappa shape index (κ3) is 20.4. The summed E-state index contributed by atoms with van der Waals surface area (Å²) in [5.41, 5.74) is 9.17. The number of hydrogen-bond donors (Lipinski definition) is 8. The molecule has 0 bridgehead atoms. The van der Waals surface area contributed by atoms with Gasteiger partial charge < -0.3 is 53.0 Å². The molecule has 0 aliphatic carbocycles. The Morgan fingerprint density at radius 2 is 1.39 bits per heavy atom. The molecular formula is C40H69N9O11S. The Morgan fingerprint density at radius 3 is 1.93 bits per heavy atom. The molecule has 0 saturated carbocycles. The van der Waals surface area contributed by atoms with Gasteiger partial charge in [0.2, 0.25) is 47.3 Å². The molecule has 9 amide bonds. The summed E-state index contributed by atoms with van der Waals surface area (Å²) in [6, 6.07) is -6.06. The minimum Gasteiger partial charge on any atom is -0.444 e. The van der Waals surface area contributed by atoms with Crippen LogP contribution in [-0.2, 0) is 47.9 Å². The maximum absolute atomic E-state index is 14.3. The molecule has 1 aliphatic heterocycles. The number of alkyl carbamates (subject to hydrolysis) is 1. The lowest BCUT2D eigenvalue weighted by atomic mass is 9.89. The molecule has 0 aromatic carbocycles. The Kier molecular flexibility index (Phi) is 22.2. The van der Waals surface area contributed by atoms with E-state index in [0.29, 0.717) is 18.6 Å². The van der Waals surface area contributed by atoms with E-state index >= 15 is 0 Å². The Hall–Kier alpha value is -4.95. The SMILES string of the molecule is CCC(C)C(NC(=O)OC(C)(C)C)C(=O)NCC(=O)NC(CC(N)=O)C(=O)NC(CSCCC(=O)C(C)(C)C)C(=O)N1CCCC1C(=O)NC(CC(C)C)C(=O)NCC(N)=O. The summed E-state index contributed by atoms with van der Waals surface area (Å²) >= 11 is 1.20. The first-order chi connectivity index (χ1) is 28.2. The molecule has 21 heteroatoms. The molecular weight excluding hydrogens is 815 g/mol. The Labute approximate surface area is 363 Å². The number of nitrogens with two attached hydrogens (primary N) is 2. The van der Waals surface area contributed by atoms with E-state index in [-0.39, 0.29) is 49.2 Å². The molecule has 0 spiro atoms. The van der Waals surface area contributed by atoms with Crippen LogP contribution >= 0.6 is 11.8 Å². The predicted molar refractivity (Wildman–Crippen MR) is 228 cm³/mol. The standard InChI is InChI=1S/C40H69N9O11S/c1-11-23(4)32(48-38(59)60-40(8,9)10)36(57)44-20-31(53)45-25(18-29(41)51)34(55)47-26(21-61-16-14-28(50)39(5,6)7)37(58)49-15-12-13-27(49)35(56)46-24(17-22(2)3)33(54)43-19-30(42)52/h22-27,32H,11-21H2,1-10H3,(H2,41,51)(H2,42,52)(H,43,54)(H,44,57)(H,45,53)(H,46,56)(H,47,55)(H,48,59). The van der Waals surface area contributed by atoms with Crippen molar-refractivity contribution in [3.05, 3.63) is 0 Å². The molecule has 10 N–H and O–H groups in total. The van der Waals surface area contributed by atoms with Crippen molar-refractivity contribution in [2.24, 2.45) is 28.7 Å². The van der Waals surface area contributed by atoms with Crippen molar-refractivity contribution < 1.29 is 52.7 Å². The van der Waals surface area contributed by atoms with Crippen molar-refractivity contribution in [3.8, 4) is 0 Å². The number of Topliss-reactive ketones (excluding diaryl/α,β-unsaturated/α-hetero) is 1. The van der Waals surface area contributed by atoms with Gasteiger partial charge in [-0.15, -0.1) is 0 Å². The molecule has 1 heterocycles. The highest BCUT2D eigenvalue weighted by Gasteiger charge is 2.40. The van der Waals surface area contributed by atoms with Crippen LogP contribution in [0.25, 0.3) is 0 Å². The number of ether oxygens (including phenoxy) is 1. The van der Waals surface area contributed by atoms with E-state index in [2.05, 4.69) is 31.9 Å². The Bertz CT molecular complexity index is 1600. The van der Waals surface area contributed by atoms with E-state index in [9.17, 15) is 47.9 Å². The van der Waals surface area contributed by atoms with Crippen molar-refractivity contribution >= 4 is 70.9 Å². The molecule has 6 unspecified atom stereocenters. The van der Waals surface area contributed by atoms with E-state index in [1.54, 1.807) is 48.5 Å². The van der Waals surface area contributed by atoms with Crippen LogP contribution in [0, 0.1) is 17.3 Å². The summed E-state index contributed by atoms with van der Waals surface area (Å²) in [6.07, 6.45) is 0.0150. The summed E-state index contributed by atoms with van der Waals surface area (Å²) in [7, 11) is 0. The van der Waals surface area contributed by atoms with Crippen LogP contribution in [-0.4, -0.2) is 131 Å². The normalized spacial score (nSPS) is 16.5.